The highest BCUT2D eigenvalue weighted by molar-refractivity contribution is 5.91. The number of amides is 1. The van der Waals surface area contributed by atoms with E-state index < -0.39 is 0 Å². The summed E-state index contributed by atoms with van der Waals surface area (Å²) in [6.45, 7) is 5.81. The molecule has 0 saturated heterocycles. The fourth-order valence-electron chi connectivity index (χ4n) is 2.89. The van der Waals surface area contributed by atoms with E-state index >= 15 is 0 Å². The van der Waals surface area contributed by atoms with Crippen molar-refractivity contribution in [1.82, 2.24) is 15.3 Å². The Balaban J connectivity index is 1.76. The predicted molar refractivity (Wildman–Crippen MR) is 84.3 cm³/mol. The van der Waals surface area contributed by atoms with Crippen LogP contribution in [0.5, 0.6) is 0 Å². The number of carbonyl (C=O) groups excluding carboxylic acids is 1. The van der Waals surface area contributed by atoms with Crippen molar-refractivity contribution < 1.29 is 4.79 Å². The molecule has 1 aromatic rings. The van der Waals surface area contributed by atoms with Gasteiger partial charge in [0.05, 0.1) is 12.4 Å². The van der Waals surface area contributed by atoms with Gasteiger partial charge in [0.25, 0.3) is 5.91 Å². The summed E-state index contributed by atoms with van der Waals surface area (Å²) in [4.78, 5) is 20.4. The Kier molecular flexibility index (Phi) is 5.96. The first kappa shape index (κ1) is 15.7. The van der Waals surface area contributed by atoms with Crippen LogP contribution in [-0.4, -0.2) is 29.0 Å². The van der Waals surface area contributed by atoms with E-state index in [0.29, 0.717) is 17.4 Å². The minimum Gasteiger partial charge on any atom is -0.369 e. The first-order valence-corrected chi connectivity index (χ1v) is 8.07. The van der Waals surface area contributed by atoms with Gasteiger partial charge in [-0.3, -0.25) is 4.79 Å². The fourth-order valence-corrected chi connectivity index (χ4v) is 2.89. The first-order chi connectivity index (χ1) is 10.2. The summed E-state index contributed by atoms with van der Waals surface area (Å²) in [6, 6.07) is 0. The van der Waals surface area contributed by atoms with E-state index in [1.807, 2.05) is 6.92 Å². The maximum atomic E-state index is 12.0. The molecule has 0 radical (unpaired) electrons. The number of rotatable bonds is 6. The number of anilines is 1. The standard InChI is InChI=1S/C16H26N4O/c1-3-12-5-7-13(8-6-12)9-20-16(21)14-10-19-15(11-18-14)17-4-2/h10-13H,3-9H2,1-2H3,(H,17,19)(H,20,21). The number of aromatic nitrogens is 2. The van der Waals surface area contributed by atoms with E-state index in [1.165, 1.54) is 38.3 Å². The van der Waals surface area contributed by atoms with E-state index in [1.54, 1.807) is 6.20 Å². The Labute approximate surface area is 127 Å². The average molecular weight is 290 g/mol. The SMILES string of the molecule is CCNc1cnc(C(=O)NCC2CCC(CC)CC2)cn1. The number of hydrogen-bond acceptors (Lipinski definition) is 4. The number of carbonyl (C=O) groups is 1. The van der Waals surface area contributed by atoms with Gasteiger partial charge in [-0.25, -0.2) is 9.97 Å². The van der Waals surface area contributed by atoms with Crippen LogP contribution in [0.4, 0.5) is 5.82 Å². The lowest BCUT2D eigenvalue weighted by atomic mass is 9.81. The zero-order valence-electron chi connectivity index (χ0n) is 13.1. The monoisotopic (exact) mass is 290 g/mol. The van der Waals surface area contributed by atoms with Crippen LogP contribution in [0.1, 0.15) is 56.4 Å². The molecule has 0 aromatic carbocycles. The summed E-state index contributed by atoms with van der Waals surface area (Å²) in [5.74, 6) is 2.09. The van der Waals surface area contributed by atoms with E-state index in [0.717, 1.165) is 19.0 Å². The second-order valence-electron chi connectivity index (χ2n) is 5.82. The van der Waals surface area contributed by atoms with Crippen molar-refractivity contribution >= 4 is 11.7 Å². The molecule has 2 N–H and O–H groups in total. The summed E-state index contributed by atoms with van der Waals surface area (Å²) >= 11 is 0. The summed E-state index contributed by atoms with van der Waals surface area (Å²) in [5.41, 5.74) is 0.388. The molecule has 1 aromatic heterocycles. The average Bonchev–Trinajstić information content (AvgIpc) is 2.54. The molecule has 0 unspecified atom stereocenters. The molecule has 1 aliphatic carbocycles. The highest BCUT2D eigenvalue weighted by Crippen LogP contribution is 2.30. The molecule has 2 rings (SSSR count). The summed E-state index contributed by atoms with van der Waals surface area (Å²) in [5, 5.41) is 6.05. The molecular weight excluding hydrogens is 264 g/mol. The van der Waals surface area contributed by atoms with Gasteiger partial charge in [-0.2, -0.15) is 0 Å². The van der Waals surface area contributed by atoms with Crippen molar-refractivity contribution in [3.8, 4) is 0 Å². The maximum Gasteiger partial charge on any atom is 0.271 e. The number of nitrogens with zero attached hydrogens (tertiary/aromatic N) is 2. The zero-order chi connectivity index (χ0) is 15.1. The third-order valence-corrected chi connectivity index (χ3v) is 4.34. The number of nitrogens with one attached hydrogen (secondary N) is 2. The van der Waals surface area contributed by atoms with Crippen LogP contribution in [0.2, 0.25) is 0 Å². The third kappa shape index (κ3) is 4.69. The quantitative estimate of drug-likeness (QED) is 0.845. The molecular formula is C16H26N4O. The molecule has 1 fully saturated rings. The Morgan fingerprint density at radius 1 is 1.14 bits per heavy atom. The number of hydrogen-bond donors (Lipinski definition) is 2. The van der Waals surface area contributed by atoms with Gasteiger partial charge in [0.2, 0.25) is 0 Å². The minimum absolute atomic E-state index is 0.122. The van der Waals surface area contributed by atoms with Crippen molar-refractivity contribution in [3.05, 3.63) is 18.1 Å². The Hall–Kier alpha value is -1.65. The van der Waals surface area contributed by atoms with Crippen LogP contribution in [-0.2, 0) is 0 Å². The topological polar surface area (TPSA) is 66.9 Å². The summed E-state index contributed by atoms with van der Waals surface area (Å²) in [7, 11) is 0. The Morgan fingerprint density at radius 3 is 2.43 bits per heavy atom. The smallest absolute Gasteiger partial charge is 0.271 e. The maximum absolute atomic E-state index is 12.0. The lowest BCUT2D eigenvalue weighted by Gasteiger charge is -2.27. The van der Waals surface area contributed by atoms with Gasteiger partial charge >= 0.3 is 0 Å². The third-order valence-electron chi connectivity index (χ3n) is 4.34. The second kappa shape index (κ2) is 7.96. The van der Waals surface area contributed by atoms with E-state index in [9.17, 15) is 4.79 Å². The van der Waals surface area contributed by atoms with Gasteiger partial charge in [0, 0.05) is 13.1 Å². The molecule has 116 valence electrons. The zero-order valence-corrected chi connectivity index (χ0v) is 13.1. The van der Waals surface area contributed by atoms with Crippen LogP contribution in [0.25, 0.3) is 0 Å². The summed E-state index contributed by atoms with van der Waals surface area (Å²) in [6.07, 6.45) is 9.47. The van der Waals surface area contributed by atoms with Crippen LogP contribution < -0.4 is 10.6 Å². The van der Waals surface area contributed by atoms with Crippen LogP contribution in [0.15, 0.2) is 12.4 Å². The van der Waals surface area contributed by atoms with Gasteiger partial charge < -0.3 is 10.6 Å². The molecule has 5 nitrogen and oxygen atoms in total. The van der Waals surface area contributed by atoms with E-state index in [4.69, 9.17) is 0 Å². The molecule has 1 aliphatic rings. The van der Waals surface area contributed by atoms with Crippen molar-refractivity contribution in [2.75, 3.05) is 18.4 Å². The van der Waals surface area contributed by atoms with Gasteiger partial charge in [0.15, 0.2) is 0 Å². The predicted octanol–water partition coefficient (Wildman–Crippen LogP) is 2.85. The van der Waals surface area contributed by atoms with Crippen LogP contribution >= 0.6 is 0 Å². The van der Waals surface area contributed by atoms with Crippen molar-refractivity contribution in [3.63, 3.8) is 0 Å². The van der Waals surface area contributed by atoms with Gasteiger partial charge in [-0.05, 0) is 31.6 Å². The highest BCUT2D eigenvalue weighted by Gasteiger charge is 2.20. The van der Waals surface area contributed by atoms with Gasteiger partial charge in [0.1, 0.15) is 11.5 Å². The van der Waals surface area contributed by atoms with Gasteiger partial charge in [-0.1, -0.05) is 26.2 Å². The molecule has 0 bridgehead atoms. The molecule has 1 amide bonds. The van der Waals surface area contributed by atoms with E-state index in [2.05, 4.69) is 27.5 Å². The minimum atomic E-state index is -0.122. The molecule has 5 heteroatoms. The van der Waals surface area contributed by atoms with Crippen molar-refractivity contribution in [2.45, 2.75) is 46.0 Å². The summed E-state index contributed by atoms with van der Waals surface area (Å²) < 4.78 is 0. The molecule has 0 aliphatic heterocycles. The second-order valence-corrected chi connectivity index (χ2v) is 5.82. The molecule has 21 heavy (non-hydrogen) atoms. The molecule has 1 heterocycles. The fraction of sp³-hybridized carbons (Fsp3) is 0.688. The Morgan fingerprint density at radius 2 is 1.86 bits per heavy atom. The lowest BCUT2D eigenvalue weighted by Crippen LogP contribution is -2.31. The first-order valence-electron chi connectivity index (χ1n) is 8.07. The highest BCUT2D eigenvalue weighted by atomic mass is 16.1. The molecule has 1 saturated carbocycles. The molecule has 0 atom stereocenters. The molecule has 0 spiro atoms. The van der Waals surface area contributed by atoms with Crippen LogP contribution in [0, 0.1) is 11.8 Å². The largest absolute Gasteiger partial charge is 0.369 e. The van der Waals surface area contributed by atoms with Crippen LogP contribution in [0.3, 0.4) is 0 Å². The van der Waals surface area contributed by atoms with E-state index in [-0.39, 0.29) is 5.91 Å². The van der Waals surface area contributed by atoms with Crippen molar-refractivity contribution in [2.24, 2.45) is 11.8 Å². The normalized spacial score (nSPS) is 21.8. The lowest BCUT2D eigenvalue weighted by molar-refractivity contribution is 0.0936. The Bertz CT molecular complexity index is 438. The van der Waals surface area contributed by atoms with Gasteiger partial charge in [-0.15, -0.1) is 0 Å². The van der Waals surface area contributed by atoms with Crippen molar-refractivity contribution in [1.29, 1.82) is 0 Å².